The van der Waals surface area contributed by atoms with Crippen LogP contribution >= 0.6 is 12.2 Å². The Morgan fingerprint density at radius 3 is 3.08 bits per heavy atom. The van der Waals surface area contributed by atoms with Gasteiger partial charge in [0.15, 0.2) is 4.77 Å². The van der Waals surface area contributed by atoms with Crippen molar-refractivity contribution in [3.05, 3.63) is 16.2 Å². The van der Waals surface area contributed by atoms with Gasteiger partial charge in [0, 0.05) is 18.2 Å². The molecule has 0 atom stereocenters. The van der Waals surface area contributed by atoms with Crippen LogP contribution in [0, 0.1) is 4.77 Å². The van der Waals surface area contributed by atoms with Crippen molar-refractivity contribution in [1.29, 1.82) is 0 Å². The summed E-state index contributed by atoms with van der Waals surface area (Å²) < 4.78 is 8.56. The predicted molar refractivity (Wildman–Crippen MR) is 51.2 cm³/mol. The number of ether oxygens (including phenoxy) is 1. The lowest BCUT2D eigenvalue weighted by atomic mass is 10.2. The average molecular weight is 196 g/mol. The standard InChI is InChI=1S/C9H12N2OS/c13-9-10-7-5-12-4-3-8(7)11(9)6-1-2-6/h6H,1-5H2,(H,10,13). The SMILES string of the molecule is S=c1[nH]c2c(n1C1CC1)CCOC2. The molecular weight excluding hydrogens is 184 g/mol. The fourth-order valence-electron chi connectivity index (χ4n) is 1.98. The number of aromatic nitrogens is 2. The summed E-state index contributed by atoms with van der Waals surface area (Å²) in [5, 5.41) is 0. The molecule has 1 aromatic rings. The Morgan fingerprint density at radius 2 is 2.31 bits per heavy atom. The van der Waals surface area contributed by atoms with Crippen molar-refractivity contribution < 1.29 is 4.74 Å². The van der Waals surface area contributed by atoms with E-state index in [1.807, 2.05) is 0 Å². The van der Waals surface area contributed by atoms with E-state index < -0.39 is 0 Å². The highest BCUT2D eigenvalue weighted by molar-refractivity contribution is 7.71. The molecule has 0 amide bonds. The van der Waals surface area contributed by atoms with Gasteiger partial charge in [0.2, 0.25) is 0 Å². The van der Waals surface area contributed by atoms with E-state index in [0.717, 1.165) is 17.8 Å². The maximum Gasteiger partial charge on any atom is 0.177 e. The molecule has 0 bridgehead atoms. The largest absolute Gasteiger partial charge is 0.375 e. The maximum atomic E-state index is 5.37. The van der Waals surface area contributed by atoms with Gasteiger partial charge in [0.25, 0.3) is 0 Å². The highest BCUT2D eigenvalue weighted by Gasteiger charge is 2.28. The van der Waals surface area contributed by atoms with Crippen molar-refractivity contribution in [2.45, 2.75) is 31.9 Å². The van der Waals surface area contributed by atoms with Gasteiger partial charge < -0.3 is 14.3 Å². The van der Waals surface area contributed by atoms with Gasteiger partial charge in [0.05, 0.1) is 18.9 Å². The Hall–Kier alpha value is -0.610. The normalized spacial score (nSPS) is 21.5. The van der Waals surface area contributed by atoms with Crippen LogP contribution in [0.5, 0.6) is 0 Å². The molecule has 1 aliphatic heterocycles. The van der Waals surface area contributed by atoms with E-state index in [9.17, 15) is 0 Å². The molecule has 1 fully saturated rings. The number of nitrogens with one attached hydrogen (secondary N) is 1. The lowest BCUT2D eigenvalue weighted by Crippen LogP contribution is -2.12. The first-order valence-corrected chi connectivity index (χ1v) is 5.17. The van der Waals surface area contributed by atoms with Crippen LogP contribution in [0.2, 0.25) is 0 Å². The Morgan fingerprint density at radius 1 is 1.46 bits per heavy atom. The van der Waals surface area contributed by atoms with E-state index in [0.29, 0.717) is 12.6 Å². The fraction of sp³-hybridized carbons (Fsp3) is 0.667. The van der Waals surface area contributed by atoms with Crippen LogP contribution in [0.1, 0.15) is 30.3 Å². The van der Waals surface area contributed by atoms with Crippen LogP contribution in [0.3, 0.4) is 0 Å². The Labute approximate surface area is 81.7 Å². The Bertz CT molecular complexity index is 389. The van der Waals surface area contributed by atoms with E-state index in [1.165, 1.54) is 24.2 Å². The molecule has 0 radical (unpaired) electrons. The first kappa shape index (κ1) is 7.76. The third kappa shape index (κ3) is 1.16. The third-order valence-corrected chi connectivity index (χ3v) is 3.06. The molecule has 0 unspecified atom stereocenters. The highest BCUT2D eigenvalue weighted by atomic mass is 32.1. The fourth-order valence-corrected chi connectivity index (χ4v) is 2.36. The van der Waals surface area contributed by atoms with Crippen LogP contribution in [0.4, 0.5) is 0 Å². The van der Waals surface area contributed by atoms with E-state index in [4.69, 9.17) is 17.0 Å². The second kappa shape index (κ2) is 2.69. The van der Waals surface area contributed by atoms with Gasteiger partial charge in [-0.15, -0.1) is 0 Å². The number of H-pyrrole nitrogens is 1. The molecule has 0 aromatic carbocycles. The molecule has 3 nitrogen and oxygen atoms in total. The molecule has 0 saturated heterocycles. The van der Waals surface area contributed by atoms with Crippen LogP contribution in [-0.2, 0) is 17.8 Å². The van der Waals surface area contributed by atoms with Gasteiger partial charge >= 0.3 is 0 Å². The minimum absolute atomic E-state index is 0.686. The zero-order valence-electron chi connectivity index (χ0n) is 7.38. The summed E-state index contributed by atoms with van der Waals surface area (Å²) in [6.07, 6.45) is 3.60. The average Bonchev–Trinajstić information content (AvgIpc) is 2.88. The summed E-state index contributed by atoms with van der Waals surface area (Å²) in [6, 6.07) is 0.686. The molecular formula is C9H12N2OS. The van der Waals surface area contributed by atoms with Gasteiger partial charge in [0.1, 0.15) is 0 Å². The van der Waals surface area contributed by atoms with E-state index in [1.54, 1.807) is 0 Å². The van der Waals surface area contributed by atoms with Gasteiger partial charge in [-0.3, -0.25) is 0 Å². The van der Waals surface area contributed by atoms with Crippen LogP contribution in [-0.4, -0.2) is 16.2 Å². The van der Waals surface area contributed by atoms with Gasteiger partial charge in [-0.1, -0.05) is 0 Å². The summed E-state index contributed by atoms with van der Waals surface area (Å²) in [5.41, 5.74) is 2.59. The van der Waals surface area contributed by atoms with E-state index >= 15 is 0 Å². The second-order valence-corrected chi connectivity index (χ2v) is 4.15. The number of rotatable bonds is 1. The molecule has 3 rings (SSSR count). The number of nitrogens with zero attached hydrogens (tertiary/aromatic N) is 1. The van der Waals surface area contributed by atoms with E-state index in [-0.39, 0.29) is 0 Å². The van der Waals surface area contributed by atoms with Crippen LogP contribution in [0.25, 0.3) is 0 Å². The van der Waals surface area contributed by atoms with Crippen molar-refractivity contribution in [2.24, 2.45) is 0 Å². The van der Waals surface area contributed by atoms with Crippen molar-refractivity contribution in [2.75, 3.05) is 6.61 Å². The van der Waals surface area contributed by atoms with Crippen molar-refractivity contribution in [3.8, 4) is 0 Å². The monoisotopic (exact) mass is 196 g/mol. The molecule has 2 heterocycles. The zero-order chi connectivity index (χ0) is 8.84. The molecule has 70 valence electrons. The van der Waals surface area contributed by atoms with Gasteiger partial charge in [-0.2, -0.15) is 0 Å². The number of hydrogen-bond acceptors (Lipinski definition) is 2. The van der Waals surface area contributed by atoms with Gasteiger partial charge in [-0.25, -0.2) is 0 Å². The third-order valence-electron chi connectivity index (χ3n) is 2.76. The Balaban J connectivity index is 2.15. The molecule has 0 spiro atoms. The number of imidazole rings is 1. The minimum Gasteiger partial charge on any atom is -0.375 e. The van der Waals surface area contributed by atoms with Gasteiger partial charge in [-0.05, 0) is 25.1 Å². The predicted octanol–water partition coefficient (Wildman–Crippen LogP) is 1.95. The number of aromatic amines is 1. The molecule has 1 aliphatic carbocycles. The van der Waals surface area contributed by atoms with Crippen LogP contribution < -0.4 is 0 Å². The van der Waals surface area contributed by atoms with E-state index in [2.05, 4.69) is 9.55 Å². The van der Waals surface area contributed by atoms with Crippen molar-refractivity contribution >= 4 is 12.2 Å². The smallest absolute Gasteiger partial charge is 0.177 e. The zero-order valence-corrected chi connectivity index (χ0v) is 8.19. The summed E-state index contributed by atoms with van der Waals surface area (Å²) in [5.74, 6) is 0. The summed E-state index contributed by atoms with van der Waals surface area (Å²) >= 11 is 5.29. The lowest BCUT2D eigenvalue weighted by molar-refractivity contribution is 0.106. The summed E-state index contributed by atoms with van der Waals surface area (Å²) in [7, 11) is 0. The molecule has 1 N–H and O–H groups in total. The lowest BCUT2D eigenvalue weighted by Gasteiger charge is -2.14. The maximum absolute atomic E-state index is 5.37. The molecule has 13 heavy (non-hydrogen) atoms. The second-order valence-electron chi connectivity index (χ2n) is 3.76. The Kier molecular flexibility index (Phi) is 1.60. The molecule has 4 heteroatoms. The first-order chi connectivity index (χ1) is 6.36. The quantitative estimate of drug-likeness (QED) is 0.696. The minimum atomic E-state index is 0.686. The van der Waals surface area contributed by atoms with Crippen molar-refractivity contribution in [3.63, 3.8) is 0 Å². The number of hydrogen-bond donors (Lipinski definition) is 1. The number of fused-ring (bicyclic) bond motifs is 1. The topological polar surface area (TPSA) is 29.9 Å². The highest BCUT2D eigenvalue weighted by Crippen LogP contribution is 2.37. The first-order valence-electron chi connectivity index (χ1n) is 4.76. The molecule has 1 saturated carbocycles. The molecule has 2 aliphatic rings. The van der Waals surface area contributed by atoms with Crippen molar-refractivity contribution in [1.82, 2.24) is 9.55 Å². The summed E-state index contributed by atoms with van der Waals surface area (Å²) in [6.45, 7) is 1.55. The summed E-state index contributed by atoms with van der Waals surface area (Å²) in [4.78, 5) is 3.24. The van der Waals surface area contributed by atoms with Crippen LogP contribution in [0.15, 0.2) is 0 Å². The molecule has 1 aromatic heterocycles.